The van der Waals surface area contributed by atoms with Crippen LogP contribution in [0.5, 0.6) is 0 Å². The minimum absolute atomic E-state index is 0.163. The number of hydrogen-bond donors (Lipinski definition) is 1. The van der Waals surface area contributed by atoms with Gasteiger partial charge in [0.2, 0.25) is 0 Å². The van der Waals surface area contributed by atoms with Crippen LogP contribution in [0.25, 0.3) is 0 Å². The highest BCUT2D eigenvalue weighted by atomic mass is 19.2. The molecule has 0 bridgehead atoms. The summed E-state index contributed by atoms with van der Waals surface area (Å²) in [5.74, 6) is -1.73. The first-order valence-electron chi connectivity index (χ1n) is 5.90. The van der Waals surface area contributed by atoms with Gasteiger partial charge in [-0.05, 0) is 40.7 Å². The van der Waals surface area contributed by atoms with E-state index in [4.69, 9.17) is 4.74 Å². The summed E-state index contributed by atoms with van der Waals surface area (Å²) in [7, 11) is 1.47. The Labute approximate surface area is 107 Å². The van der Waals surface area contributed by atoms with Gasteiger partial charge in [0.05, 0.1) is 11.3 Å². The van der Waals surface area contributed by atoms with Gasteiger partial charge in [0.25, 0.3) is 0 Å². The average Bonchev–Trinajstić information content (AvgIpc) is 2.23. The predicted octanol–water partition coefficient (Wildman–Crippen LogP) is 4.06. The molecule has 1 aromatic rings. The van der Waals surface area contributed by atoms with Crippen LogP contribution < -0.4 is 5.32 Å². The smallest absolute Gasteiger partial charge is 0.182 e. The topological polar surface area (TPSA) is 21.3 Å². The summed E-state index contributed by atoms with van der Waals surface area (Å²) in [6, 6.07) is 3.09. The number of hydrogen-bond acceptors (Lipinski definition) is 2. The molecular weight excluding hydrogens is 236 g/mol. The first kappa shape index (κ1) is 14.9. The number of anilines is 1. The number of rotatable bonds is 3. The molecule has 0 atom stereocenters. The van der Waals surface area contributed by atoms with E-state index in [1.165, 1.54) is 7.11 Å². The van der Waals surface area contributed by atoms with Crippen LogP contribution in [0.1, 0.15) is 40.2 Å². The molecule has 0 aliphatic rings. The van der Waals surface area contributed by atoms with Gasteiger partial charge in [-0.15, -0.1) is 0 Å². The SMILES string of the molecule is COC(C)(C)c1ccc(NC(C)(C)C)c(F)c1F. The van der Waals surface area contributed by atoms with E-state index in [-0.39, 0.29) is 16.8 Å². The molecule has 18 heavy (non-hydrogen) atoms. The van der Waals surface area contributed by atoms with Gasteiger partial charge < -0.3 is 10.1 Å². The van der Waals surface area contributed by atoms with Gasteiger partial charge in [0, 0.05) is 18.2 Å². The molecule has 0 saturated carbocycles. The quantitative estimate of drug-likeness (QED) is 0.881. The predicted molar refractivity (Wildman–Crippen MR) is 69.8 cm³/mol. The van der Waals surface area contributed by atoms with Crippen molar-refractivity contribution in [1.82, 2.24) is 0 Å². The molecule has 0 heterocycles. The fourth-order valence-electron chi connectivity index (χ4n) is 1.62. The molecule has 0 fully saturated rings. The van der Waals surface area contributed by atoms with E-state index in [9.17, 15) is 8.78 Å². The lowest BCUT2D eigenvalue weighted by molar-refractivity contribution is 0.0157. The number of methoxy groups -OCH3 is 1. The highest BCUT2D eigenvalue weighted by Crippen LogP contribution is 2.31. The molecule has 1 N–H and O–H groups in total. The summed E-state index contributed by atoms with van der Waals surface area (Å²) >= 11 is 0. The van der Waals surface area contributed by atoms with Crippen LogP contribution in [-0.2, 0) is 10.3 Å². The number of benzene rings is 1. The molecule has 0 saturated heterocycles. The highest BCUT2D eigenvalue weighted by molar-refractivity contribution is 5.49. The standard InChI is InChI=1S/C14H21F2NO/c1-13(2,3)17-10-8-7-9(11(15)12(10)16)14(4,5)18-6/h7-8,17H,1-6H3. The molecule has 0 amide bonds. The van der Waals surface area contributed by atoms with Crippen LogP contribution in [0, 0.1) is 11.6 Å². The van der Waals surface area contributed by atoms with E-state index in [1.54, 1.807) is 26.0 Å². The summed E-state index contributed by atoms with van der Waals surface area (Å²) in [5.41, 5.74) is -0.811. The van der Waals surface area contributed by atoms with Crippen LogP contribution in [0.3, 0.4) is 0 Å². The van der Waals surface area contributed by atoms with Crippen LogP contribution in [0.15, 0.2) is 12.1 Å². The molecule has 0 spiro atoms. The monoisotopic (exact) mass is 257 g/mol. The second-order valence-electron chi connectivity index (χ2n) is 5.88. The fourth-order valence-corrected chi connectivity index (χ4v) is 1.62. The summed E-state index contributed by atoms with van der Waals surface area (Å²) in [5, 5.41) is 2.93. The van der Waals surface area contributed by atoms with Crippen molar-refractivity contribution in [3.05, 3.63) is 29.3 Å². The van der Waals surface area contributed by atoms with Crippen molar-refractivity contribution < 1.29 is 13.5 Å². The van der Waals surface area contributed by atoms with Gasteiger partial charge in [-0.3, -0.25) is 0 Å². The molecule has 0 radical (unpaired) electrons. The number of nitrogens with one attached hydrogen (secondary N) is 1. The maximum atomic E-state index is 14.0. The summed E-state index contributed by atoms with van der Waals surface area (Å²) < 4.78 is 33.2. The van der Waals surface area contributed by atoms with Gasteiger partial charge in [-0.25, -0.2) is 8.78 Å². The Morgan fingerprint density at radius 3 is 2.00 bits per heavy atom. The summed E-state index contributed by atoms with van der Waals surface area (Å²) in [6.07, 6.45) is 0. The maximum absolute atomic E-state index is 14.0. The van der Waals surface area contributed by atoms with E-state index >= 15 is 0 Å². The Balaban J connectivity index is 3.22. The second kappa shape index (κ2) is 4.84. The Morgan fingerprint density at radius 2 is 1.56 bits per heavy atom. The molecule has 102 valence electrons. The first-order valence-corrected chi connectivity index (χ1v) is 5.90. The third-order valence-electron chi connectivity index (χ3n) is 2.75. The largest absolute Gasteiger partial charge is 0.378 e. The normalized spacial score (nSPS) is 12.7. The molecule has 2 nitrogen and oxygen atoms in total. The van der Waals surface area contributed by atoms with Gasteiger partial charge in [-0.1, -0.05) is 6.07 Å². The van der Waals surface area contributed by atoms with E-state index < -0.39 is 17.2 Å². The molecule has 0 aliphatic heterocycles. The van der Waals surface area contributed by atoms with Crippen molar-refractivity contribution in [2.75, 3.05) is 12.4 Å². The van der Waals surface area contributed by atoms with Crippen molar-refractivity contribution in [1.29, 1.82) is 0 Å². The zero-order valence-electron chi connectivity index (χ0n) is 11.8. The molecule has 1 aromatic carbocycles. The van der Waals surface area contributed by atoms with Gasteiger partial charge in [0.15, 0.2) is 11.6 Å². The number of ether oxygens (including phenoxy) is 1. The minimum Gasteiger partial charge on any atom is -0.378 e. The van der Waals surface area contributed by atoms with Crippen molar-refractivity contribution in [3.8, 4) is 0 Å². The van der Waals surface area contributed by atoms with Gasteiger partial charge in [0.1, 0.15) is 0 Å². The lowest BCUT2D eigenvalue weighted by Crippen LogP contribution is -2.28. The van der Waals surface area contributed by atoms with E-state index in [0.717, 1.165) is 0 Å². The second-order valence-corrected chi connectivity index (χ2v) is 5.88. The van der Waals surface area contributed by atoms with Crippen LogP contribution in [0.2, 0.25) is 0 Å². The molecule has 0 aliphatic carbocycles. The lowest BCUT2D eigenvalue weighted by atomic mass is 9.96. The zero-order valence-corrected chi connectivity index (χ0v) is 11.8. The van der Waals surface area contributed by atoms with Gasteiger partial charge >= 0.3 is 0 Å². The molecular formula is C14H21F2NO. The molecule has 1 rings (SSSR count). The third kappa shape index (κ3) is 3.19. The van der Waals surface area contributed by atoms with Crippen molar-refractivity contribution in [3.63, 3.8) is 0 Å². The van der Waals surface area contributed by atoms with E-state index in [1.807, 2.05) is 20.8 Å². The molecule has 0 unspecified atom stereocenters. The van der Waals surface area contributed by atoms with Crippen molar-refractivity contribution >= 4 is 5.69 Å². The summed E-state index contributed by atoms with van der Waals surface area (Å²) in [6.45, 7) is 9.05. The van der Waals surface area contributed by atoms with Crippen molar-refractivity contribution in [2.24, 2.45) is 0 Å². The Bertz CT molecular complexity index is 436. The Hall–Kier alpha value is -1.16. The maximum Gasteiger partial charge on any atom is 0.182 e. The fraction of sp³-hybridized carbons (Fsp3) is 0.571. The first-order chi connectivity index (χ1) is 8.08. The Kier molecular flexibility index (Phi) is 4.01. The average molecular weight is 257 g/mol. The highest BCUT2D eigenvalue weighted by Gasteiger charge is 2.27. The molecule has 0 aromatic heterocycles. The minimum atomic E-state index is -0.868. The Morgan fingerprint density at radius 1 is 1.00 bits per heavy atom. The van der Waals surface area contributed by atoms with Crippen LogP contribution >= 0.6 is 0 Å². The van der Waals surface area contributed by atoms with Crippen molar-refractivity contribution in [2.45, 2.75) is 45.8 Å². The number of halogens is 2. The van der Waals surface area contributed by atoms with E-state index in [0.29, 0.717) is 0 Å². The van der Waals surface area contributed by atoms with E-state index in [2.05, 4.69) is 5.32 Å². The lowest BCUT2D eigenvalue weighted by Gasteiger charge is -2.26. The van der Waals surface area contributed by atoms with Crippen LogP contribution in [-0.4, -0.2) is 12.6 Å². The summed E-state index contributed by atoms with van der Waals surface area (Å²) in [4.78, 5) is 0. The molecule has 4 heteroatoms. The van der Waals surface area contributed by atoms with Crippen LogP contribution in [0.4, 0.5) is 14.5 Å². The zero-order chi connectivity index (χ0) is 14.1. The third-order valence-corrected chi connectivity index (χ3v) is 2.75. The van der Waals surface area contributed by atoms with Gasteiger partial charge in [-0.2, -0.15) is 0 Å².